The lowest BCUT2D eigenvalue weighted by Crippen LogP contribution is -2.42. The van der Waals surface area contributed by atoms with Gasteiger partial charge in [-0.2, -0.15) is 0 Å². The topological polar surface area (TPSA) is 42.0 Å². The number of fused-ring (bicyclic) bond motifs is 1. The maximum Gasteiger partial charge on any atom is 0.410 e. The molecule has 1 aromatic carbocycles. The molecular formula is C20H32N2O3. The number of benzene rings is 1. The van der Waals surface area contributed by atoms with Gasteiger partial charge < -0.3 is 19.3 Å². The van der Waals surface area contributed by atoms with E-state index in [4.69, 9.17) is 9.47 Å². The van der Waals surface area contributed by atoms with Crippen LogP contribution in [0.15, 0.2) is 12.1 Å². The van der Waals surface area contributed by atoms with Crippen LogP contribution in [-0.4, -0.2) is 48.7 Å². The van der Waals surface area contributed by atoms with Gasteiger partial charge in [-0.25, -0.2) is 4.79 Å². The summed E-state index contributed by atoms with van der Waals surface area (Å²) in [6, 6.07) is 4.33. The van der Waals surface area contributed by atoms with Crippen LogP contribution in [0, 0.1) is 0 Å². The lowest BCUT2D eigenvalue weighted by molar-refractivity contribution is 0.0159. The highest BCUT2D eigenvalue weighted by molar-refractivity contribution is 5.69. The van der Waals surface area contributed by atoms with Crippen molar-refractivity contribution in [2.45, 2.75) is 59.2 Å². The van der Waals surface area contributed by atoms with Crippen LogP contribution in [0.3, 0.4) is 0 Å². The minimum atomic E-state index is -0.483. The molecule has 140 valence electrons. The Bertz CT molecular complexity index is 620. The molecule has 1 aliphatic heterocycles. The van der Waals surface area contributed by atoms with Gasteiger partial charge in [-0.05, 0) is 72.3 Å². The van der Waals surface area contributed by atoms with Crippen molar-refractivity contribution in [2.75, 3.05) is 27.2 Å². The van der Waals surface area contributed by atoms with E-state index in [1.165, 1.54) is 11.1 Å². The molecule has 0 saturated heterocycles. The van der Waals surface area contributed by atoms with Gasteiger partial charge in [-0.15, -0.1) is 0 Å². The molecule has 1 aromatic rings. The number of rotatable bonds is 4. The fraction of sp³-hybridized carbons (Fsp3) is 0.650. The molecule has 0 N–H and O–H groups in total. The summed E-state index contributed by atoms with van der Waals surface area (Å²) in [4.78, 5) is 16.5. The number of hydrogen-bond acceptors (Lipinski definition) is 4. The molecule has 1 unspecified atom stereocenters. The number of amides is 1. The summed E-state index contributed by atoms with van der Waals surface area (Å²) >= 11 is 0. The van der Waals surface area contributed by atoms with Crippen molar-refractivity contribution in [3.8, 4) is 5.75 Å². The van der Waals surface area contributed by atoms with Crippen LogP contribution >= 0.6 is 0 Å². The first kappa shape index (κ1) is 19.6. The summed E-state index contributed by atoms with van der Waals surface area (Å²) in [6.45, 7) is 11.9. The van der Waals surface area contributed by atoms with Crippen molar-refractivity contribution in [3.05, 3.63) is 28.8 Å². The number of carbonyl (C=O) groups excluding carboxylic acids is 1. The maximum absolute atomic E-state index is 12.5. The third-order valence-electron chi connectivity index (χ3n) is 4.28. The fourth-order valence-corrected chi connectivity index (χ4v) is 3.22. The van der Waals surface area contributed by atoms with Crippen LogP contribution in [0.5, 0.6) is 5.75 Å². The molecule has 1 heterocycles. The number of nitrogens with zero attached hydrogens (tertiary/aromatic N) is 2. The highest BCUT2D eigenvalue weighted by atomic mass is 16.6. The van der Waals surface area contributed by atoms with Gasteiger partial charge in [0.2, 0.25) is 0 Å². The third kappa shape index (κ3) is 4.88. The predicted octanol–water partition coefficient (Wildman–Crippen LogP) is 4.00. The van der Waals surface area contributed by atoms with Crippen LogP contribution in [0.25, 0.3) is 0 Å². The lowest BCUT2D eigenvalue weighted by atomic mass is 9.91. The van der Waals surface area contributed by atoms with Gasteiger partial charge in [0.05, 0.1) is 12.6 Å². The smallest absolute Gasteiger partial charge is 0.410 e. The second kappa shape index (κ2) is 7.65. The van der Waals surface area contributed by atoms with E-state index in [0.29, 0.717) is 13.2 Å². The quantitative estimate of drug-likeness (QED) is 0.825. The SMILES string of the molecule is CCOc1cc2c(cc1CN(C)C)CCN(C(=O)OC(C)(C)C)C2C. The largest absolute Gasteiger partial charge is 0.494 e. The zero-order valence-corrected chi connectivity index (χ0v) is 16.7. The monoisotopic (exact) mass is 348 g/mol. The van der Waals surface area contributed by atoms with Crippen molar-refractivity contribution in [1.29, 1.82) is 0 Å². The Morgan fingerprint density at radius 3 is 2.56 bits per heavy atom. The molecule has 0 radical (unpaired) electrons. The summed E-state index contributed by atoms with van der Waals surface area (Å²) < 4.78 is 11.4. The molecule has 1 atom stereocenters. The normalized spacial score (nSPS) is 17.4. The molecule has 0 aromatic heterocycles. The standard InChI is InChI=1S/C20H32N2O3/c1-8-24-18-12-17-14(2)22(19(23)25-20(3,4)5)10-9-15(17)11-16(18)13-21(6)7/h11-12,14H,8-10,13H2,1-7H3. The molecule has 25 heavy (non-hydrogen) atoms. The zero-order chi connectivity index (χ0) is 18.8. The molecule has 5 nitrogen and oxygen atoms in total. The summed E-state index contributed by atoms with van der Waals surface area (Å²) in [7, 11) is 4.12. The Labute approximate surface area is 151 Å². The molecule has 0 fully saturated rings. The van der Waals surface area contributed by atoms with Crippen molar-refractivity contribution < 1.29 is 14.3 Å². The third-order valence-corrected chi connectivity index (χ3v) is 4.28. The minimum Gasteiger partial charge on any atom is -0.494 e. The Balaban J connectivity index is 2.31. The van der Waals surface area contributed by atoms with Gasteiger partial charge >= 0.3 is 6.09 Å². The second-order valence-corrected chi connectivity index (χ2v) is 7.93. The predicted molar refractivity (Wildman–Crippen MR) is 100 cm³/mol. The average Bonchev–Trinajstić information content (AvgIpc) is 2.46. The van der Waals surface area contributed by atoms with E-state index in [2.05, 4.69) is 38.1 Å². The minimum absolute atomic E-state index is 0.0220. The summed E-state index contributed by atoms with van der Waals surface area (Å²) in [5.74, 6) is 0.910. The molecule has 5 heteroatoms. The Kier molecular flexibility index (Phi) is 5.99. The zero-order valence-electron chi connectivity index (χ0n) is 16.7. The first-order valence-corrected chi connectivity index (χ1v) is 9.05. The van der Waals surface area contributed by atoms with E-state index in [9.17, 15) is 4.79 Å². The van der Waals surface area contributed by atoms with Crippen LogP contribution in [0.1, 0.15) is 57.4 Å². The number of carbonyl (C=O) groups is 1. The molecule has 2 rings (SSSR count). The molecule has 0 spiro atoms. The Hall–Kier alpha value is -1.75. The molecular weight excluding hydrogens is 316 g/mol. The number of ether oxygens (including phenoxy) is 2. The van der Waals surface area contributed by atoms with E-state index < -0.39 is 5.60 Å². The van der Waals surface area contributed by atoms with E-state index >= 15 is 0 Å². The second-order valence-electron chi connectivity index (χ2n) is 7.93. The summed E-state index contributed by atoms with van der Waals surface area (Å²) in [5.41, 5.74) is 3.17. The fourth-order valence-electron chi connectivity index (χ4n) is 3.22. The van der Waals surface area contributed by atoms with E-state index in [1.807, 2.05) is 32.6 Å². The molecule has 0 bridgehead atoms. The van der Waals surface area contributed by atoms with E-state index in [0.717, 1.165) is 24.3 Å². The maximum atomic E-state index is 12.5. The van der Waals surface area contributed by atoms with Gasteiger partial charge in [0, 0.05) is 18.7 Å². The van der Waals surface area contributed by atoms with Crippen LogP contribution in [0.4, 0.5) is 4.79 Å². The number of hydrogen-bond donors (Lipinski definition) is 0. The molecule has 0 saturated carbocycles. The first-order chi connectivity index (χ1) is 11.6. The summed E-state index contributed by atoms with van der Waals surface area (Å²) in [6.07, 6.45) is 0.590. The van der Waals surface area contributed by atoms with E-state index in [1.54, 1.807) is 0 Å². The van der Waals surface area contributed by atoms with Crippen LogP contribution < -0.4 is 4.74 Å². The summed E-state index contributed by atoms with van der Waals surface area (Å²) in [5, 5.41) is 0. The Morgan fingerprint density at radius 1 is 1.32 bits per heavy atom. The van der Waals surface area contributed by atoms with Crippen molar-refractivity contribution >= 4 is 6.09 Å². The van der Waals surface area contributed by atoms with Crippen molar-refractivity contribution in [2.24, 2.45) is 0 Å². The van der Waals surface area contributed by atoms with Crippen molar-refractivity contribution in [3.63, 3.8) is 0 Å². The van der Waals surface area contributed by atoms with Gasteiger partial charge in [-0.3, -0.25) is 0 Å². The molecule has 0 aliphatic carbocycles. The van der Waals surface area contributed by atoms with Gasteiger partial charge in [0.15, 0.2) is 0 Å². The lowest BCUT2D eigenvalue weighted by Gasteiger charge is -2.37. The van der Waals surface area contributed by atoms with E-state index in [-0.39, 0.29) is 12.1 Å². The Morgan fingerprint density at radius 2 is 2.00 bits per heavy atom. The van der Waals surface area contributed by atoms with Gasteiger partial charge in [-0.1, -0.05) is 6.07 Å². The van der Waals surface area contributed by atoms with Gasteiger partial charge in [0.25, 0.3) is 0 Å². The van der Waals surface area contributed by atoms with Gasteiger partial charge in [0.1, 0.15) is 11.4 Å². The highest BCUT2D eigenvalue weighted by Gasteiger charge is 2.31. The average molecular weight is 348 g/mol. The highest BCUT2D eigenvalue weighted by Crippen LogP contribution is 2.35. The molecule has 1 aliphatic rings. The first-order valence-electron chi connectivity index (χ1n) is 9.05. The van der Waals surface area contributed by atoms with Crippen molar-refractivity contribution in [1.82, 2.24) is 9.80 Å². The van der Waals surface area contributed by atoms with Crippen LogP contribution in [-0.2, 0) is 17.7 Å². The molecule has 1 amide bonds. The van der Waals surface area contributed by atoms with Crippen LogP contribution in [0.2, 0.25) is 0 Å².